The topological polar surface area (TPSA) is 106 Å². The van der Waals surface area contributed by atoms with E-state index in [4.69, 9.17) is 14.2 Å². The highest BCUT2D eigenvalue weighted by atomic mass is 16.5. The van der Waals surface area contributed by atoms with E-state index in [0.29, 0.717) is 22.9 Å². The van der Waals surface area contributed by atoms with Crippen LogP contribution in [0.3, 0.4) is 0 Å². The number of hydrazine groups is 1. The number of methoxy groups -OCH3 is 3. The molecule has 9 nitrogen and oxygen atoms in total. The second kappa shape index (κ2) is 8.83. The number of benzene rings is 2. The lowest BCUT2D eigenvalue weighted by Crippen LogP contribution is -2.48. The number of hydrogen-bond acceptors (Lipinski definition) is 7. The lowest BCUT2D eigenvalue weighted by molar-refractivity contribution is -0.121. The van der Waals surface area contributed by atoms with E-state index in [-0.39, 0.29) is 17.9 Å². The number of rotatable bonds is 7. The third-order valence-electron chi connectivity index (χ3n) is 4.79. The largest absolute Gasteiger partial charge is 0.493 e. The molecule has 30 heavy (non-hydrogen) atoms. The van der Waals surface area contributed by atoms with Gasteiger partial charge in [-0.05, 0) is 30.7 Å². The summed E-state index contributed by atoms with van der Waals surface area (Å²) in [6.45, 7) is 1.82. The van der Waals surface area contributed by atoms with Crippen molar-refractivity contribution < 1.29 is 28.6 Å². The number of carbonyl (C=O) groups is 3. The zero-order valence-electron chi connectivity index (χ0n) is 17.1. The molecular formula is C21H23N3O6. The summed E-state index contributed by atoms with van der Waals surface area (Å²) in [5, 5.41) is 0. The zero-order valence-corrected chi connectivity index (χ0v) is 17.1. The fourth-order valence-corrected chi connectivity index (χ4v) is 3.25. The highest BCUT2D eigenvalue weighted by molar-refractivity contribution is 6.22. The van der Waals surface area contributed by atoms with Crippen molar-refractivity contribution in [2.24, 2.45) is 0 Å². The Balaban J connectivity index is 1.73. The van der Waals surface area contributed by atoms with E-state index >= 15 is 0 Å². The molecule has 2 N–H and O–H groups in total. The van der Waals surface area contributed by atoms with E-state index in [1.54, 1.807) is 12.1 Å². The summed E-state index contributed by atoms with van der Waals surface area (Å²) >= 11 is 0. The van der Waals surface area contributed by atoms with Gasteiger partial charge in [0.1, 0.15) is 6.04 Å². The van der Waals surface area contributed by atoms with E-state index in [1.165, 1.54) is 33.5 Å². The third-order valence-corrected chi connectivity index (χ3v) is 4.79. The van der Waals surface area contributed by atoms with Crippen LogP contribution in [-0.2, 0) is 9.59 Å². The van der Waals surface area contributed by atoms with Gasteiger partial charge in [-0.1, -0.05) is 18.2 Å². The number of amides is 3. The maximum atomic E-state index is 12.7. The monoisotopic (exact) mass is 413 g/mol. The predicted octanol–water partition coefficient (Wildman–Crippen LogP) is 1.59. The predicted molar refractivity (Wildman–Crippen MR) is 109 cm³/mol. The van der Waals surface area contributed by atoms with Gasteiger partial charge in [-0.25, -0.2) is 10.3 Å². The molecule has 1 aliphatic heterocycles. The number of aryl methyl sites for hydroxylation is 1. The molecule has 158 valence electrons. The van der Waals surface area contributed by atoms with Crippen molar-refractivity contribution >= 4 is 23.4 Å². The lowest BCUT2D eigenvalue weighted by Gasteiger charge is -2.18. The first-order valence-electron chi connectivity index (χ1n) is 9.19. The molecule has 2 aromatic carbocycles. The standard InChI is InChI=1S/C21H23N3O6/c1-12-7-5-6-8-15(12)24-18(25)11-14(21(24)27)22-23-20(26)13-9-16(28-2)19(30-4)17(10-13)29-3/h5-10,14,22H,11H2,1-4H3,(H,23,26)/t14-/m0/s1. The number of nitrogens with one attached hydrogen (secondary N) is 2. The van der Waals surface area contributed by atoms with Crippen molar-refractivity contribution in [1.29, 1.82) is 0 Å². The van der Waals surface area contributed by atoms with Crippen LogP contribution in [0.25, 0.3) is 0 Å². The Morgan fingerprint density at radius 3 is 2.23 bits per heavy atom. The van der Waals surface area contributed by atoms with Crippen LogP contribution in [0.5, 0.6) is 17.2 Å². The first kappa shape index (κ1) is 21.1. The summed E-state index contributed by atoms with van der Waals surface area (Å²) < 4.78 is 15.7. The average Bonchev–Trinajstić information content (AvgIpc) is 3.04. The van der Waals surface area contributed by atoms with Gasteiger partial charge in [0, 0.05) is 5.56 Å². The molecule has 0 saturated carbocycles. The molecule has 1 fully saturated rings. The van der Waals surface area contributed by atoms with Crippen LogP contribution >= 0.6 is 0 Å². The molecule has 0 spiro atoms. The summed E-state index contributed by atoms with van der Waals surface area (Å²) in [5.41, 5.74) is 6.70. The quantitative estimate of drug-likeness (QED) is 0.524. The van der Waals surface area contributed by atoms with Gasteiger partial charge in [0.15, 0.2) is 11.5 Å². The minimum absolute atomic E-state index is 0.0668. The Labute approximate surface area is 173 Å². The number of hydrogen-bond donors (Lipinski definition) is 2. The van der Waals surface area contributed by atoms with Gasteiger partial charge in [0.2, 0.25) is 11.7 Å². The van der Waals surface area contributed by atoms with Gasteiger partial charge in [0.05, 0.1) is 33.4 Å². The van der Waals surface area contributed by atoms with Gasteiger partial charge in [-0.3, -0.25) is 19.8 Å². The van der Waals surface area contributed by atoms with Gasteiger partial charge in [-0.2, -0.15) is 0 Å². The Morgan fingerprint density at radius 2 is 1.67 bits per heavy atom. The van der Waals surface area contributed by atoms with Crippen molar-refractivity contribution in [2.45, 2.75) is 19.4 Å². The second-order valence-electron chi connectivity index (χ2n) is 6.62. The lowest BCUT2D eigenvalue weighted by atomic mass is 10.1. The molecule has 0 radical (unpaired) electrons. The van der Waals surface area contributed by atoms with E-state index in [2.05, 4.69) is 10.9 Å². The molecule has 0 aliphatic carbocycles. The summed E-state index contributed by atoms with van der Waals surface area (Å²) in [6.07, 6.45) is -0.0668. The Morgan fingerprint density at radius 1 is 1.03 bits per heavy atom. The zero-order chi connectivity index (χ0) is 21.8. The molecule has 1 saturated heterocycles. The van der Waals surface area contributed by atoms with Crippen molar-refractivity contribution in [1.82, 2.24) is 10.9 Å². The van der Waals surface area contributed by atoms with Gasteiger partial charge >= 0.3 is 0 Å². The van der Waals surface area contributed by atoms with Crippen LogP contribution < -0.4 is 30.0 Å². The second-order valence-corrected chi connectivity index (χ2v) is 6.62. The number of para-hydroxylation sites is 1. The van der Waals surface area contributed by atoms with Crippen molar-refractivity contribution in [2.75, 3.05) is 26.2 Å². The molecule has 1 heterocycles. The van der Waals surface area contributed by atoms with Crippen LogP contribution in [0.1, 0.15) is 22.3 Å². The van der Waals surface area contributed by atoms with Crippen molar-refractivity contribution in [3.63, 3.8) is 0 Å². The van der Waals surface area contributed by atoms with Crippen LogP contribution in [-0.4, -0.2) is 45.1 Å². The summed E-state index contributed by atoms with van der Waals surface area (Å²) in [5.74, 6) is -0.299. The minimum atomic E-state index is -0.872. The molecule has 0 bridgehead atoms. The van der Waals surface area contributed by atoms with Crippen molar-refractivity contribution in [3.05, 3.63) is 47.5 Å². The van der Waals surface area contributed by atoms with Crippen LogP contribution in [0.4, 0.5) is 5.69 Å². The van der Waals surface area contributed by atoms with Gasteiger partial charge < -0.3 is 14.2 Å². The average molecular weight is 413 g/mol. The molecule has 1 atom stereocenters. The Bertz CT molecular complexity index is 965. The molecule has 3 amide bonds. The van der Waals surface area contributed by atoms with Crippen LogP contribution in [0.15, 0.2) is 36.4 Å². The molecule has 1 aliphatic rings. The number of imide groups is 1. The molecule has 2 aromatic rings. The fourth-order valence-electron chi connectivity index (χ4n) is 3.25. The number of carbonyl (C=O) groups excluding carboxylic acids is 3. The first-order valence-corrected chi connectivity index (χ1v) is 9.19. The van der Waals surface area contributed by atoms with Crippen molar-refractivity contribution in [3.8, 4) is 17.2 Å². The molecule has 0 aromatic heterocycles. The van der Waals surface area contributed by atoms with Crippen LogP contribution in [0.2, 0.25) is 0 Å². The Hall–Kier alpha value is -3.59. The third kappa shape index (κ3) is 3.92. The van der Waals surface area contributed by atoms with E-state index in [9.17, 15) is 14.4 Å². The molecule has 9 heteroatoms. The molecule has 0 unspecified atom stereocenters. The molecular weight excluding hydrogens is 390 g/mol. The summed E-state index contributed by atoms with van der Waals surface area (Å²) in [7, 11) is 4.35. The van der Waals surface area contributed by atoms with E-state index in [0.717, 1.165) is 10.5 Å². The summed E-state index contributed by atoms with van der Waals surface area (Å²) in [6, 6.07) is 9.22. The van der Waals surface area contributed by atoms with Gasteiger partial charge in [-0.15, -0.1) is 0 Å². The maximum Gasteiger partial charge on any atom is 0.265 e. The highest BCUT2D eigenvalue weighted by Gasteiger charge is 2.40. The maximum absolute atomic E-state index is 12.7. The van der Waals surface area contributed by atoms with Crippen LogP contribution in [0, 0.1) is 6.92 Å². The SMILES string of the molecule is COc1cc(C(=O)NN[C@H]2CC(=O)N(c3ccccc3C)C2=O)cc(OC)c1OC. The normalized spacial score (nSPS) is 15.9. The summed E-state index contributed by atoms with van der Waals surface area (Å²) in [4.78, 5) is 38.9. The first-order chi connectivity index (χ1) is 14.4. The van der Waals surface area contributed by atoms with Gasteiger partial charge in [0.25, 0.3) is 11.8 Å². The minimum Gasteiger partial charge on any atom is -0.493 e. The molecule has 3 rings (SSSR count). The number of anilines is 1. The fraction of sp³-hybridized carbons (Fsp3) is 0.286. The Kier molecular flexibility index (Phi) is 6.22. The highest BCUT2D eigenvalue weighted by Crippen LogP contribution is 2.38. The number of ether oxygens (including phenoxy) is 3. The van der Waals surface area contributed by atoms with E-state index in [1.807, 2.05) is 19.1 Å². The van der Waals surface area contributed by atoms with E-state index < -0.39 is 17.9 Å². The number of nitrogens with zero attached hydrogens (tertiary/aromatic N) is 1. The smallest absolute Gasteiger partial charge is 0.265 e.